The molecule has 0 atom stereocenters. The first-order chi connectivity index (χ1) is 40.8. The number of rotatable bonds is 41. The van der Waals surface area contributed by atoms with E-state index in [-0.39, 0.29) is 63.1 Å². The number of alkyl halides is 30. The monoisotopic (exact) mass is 1390 g/mol. The van der Waals surface area contributed by atoms with Crippen LogP contribution in [0.15, 0.2) is 60.7 Å². The second kappa shape index (κ2) is 34.0. The molecule has 530 valence electrons. The molecule has 0 heterocycles. The molecule has 2 aromatic rings. The Labute approximate surface area is 507 Å². The molecule has 0 aromatic heterocycles. The summed E-state index contributed by atoms with van der Waals surface area (Å²) in [5.41, 5.74) is 2.55. The number of nitrogens with two attached hydrogens (primary N) is 1. The van der Waals surface area contributed by atoms with E-state index in [1.54, 1.807) is 0 Å². The van der Waals surface area contributed by atoms with Crippen LogP contribution in [-0.2, 0) is 0 Å². The van der Waals surface area contributed by atoms with Crippen LogP contribution >= 0.6 is 0 Å². The lowest BCUT2D eigenvalue weighted by molar-refractivity contribution is -0.789. The third kappa shape index (κ3) is 18.2. The van der Waals surface area contributed by atoms with E-state index >= 15 is 105 Å². The van der Waals surface area contributed by atoms with E-state index in [9.17, 15) is 26.3 Å². The van der Waals surface area contributed by atoms with Crippen molar-refractivity contribution in [1.29, 1.82) is 0 Å². The fourth-order valence-electron chi connectivity index (χ4n) is 9.77. The highest BCUT2D eigenvalue weighted by molar-refractivity contribution is 6.89. The molecule has 0 saturated heterocycles. The van der Waals surface area contributed by atoms with Gasteiger partial charge >= 0.3 is 78.3 Å². The normalized spacial score (nSPS) is 14.5. The highest BCUT2D eigenvalue weighted by Gasteiger charge is 3.07. The molecule has 0 unspecified atom stereocenters. The Morgan fingerprint density at radius 1 is 0.256 bits per heavy atom. The lowest BCUT2D eigenvalue weighted by atomic mass is 10.0. The van der Waals surface area contributed by atoms with Gasteiger partial charge in [-0.3, -0.25) is 40.4 Å². The van der Waals surface area contributed by atoms with Gasteiger partial charge in [0.05, 0.1) is 7.05 Å². The van der Waals surface area contributed by atoms with Crippen LogP contribution in [0.25, 0.3) is 11.1 Å². The van der Waals surface area contributed by atoms with Gasteiger partial charge in [-0.2, -0.15) is 87.8 Å². The van der Waals surface area contributed by atoms with E-state index in [1.165, 1.54) is 38.8 Å². The van der Waals surface area contributed by atoms with Crippen molar-refractivity contribution in [3.8, 4) is 11.1 Å². The molecule has 0 spiro atoms. The Morgan fingerprint density at radius 3 is 0.600 bits per heavy atom. The number of unbranched alkanes of at least 4 members (excludes halogenated alkanes) is 15. The summed E-state index contributed by atoms with van der Waals surface area (Å²) < 4.78 is 457. The Bertz CT molecular complexity index is 2080. The van der Waals surface area contributed by atoms with Crippen molar-refractivity contribution in [1.82, 2.24) is 0 Å². The molecule has 0 aliphatic heterocycles. The number of quaternary nitrogens is 1. The predicted octanol–water partition coefficient (Wildman–Crippen LogP) is 23.5. The van der Waals surface area contributed by atoms with Crippen molar-refractivity contribution in [2.45, 2.75) is 280 Å². The Kier molecular flexibility index (Phi) is 32.8. The highest BCUT2D eigenvalue weighted by Crippen LogP contribution is 2.73. The minimum Gasteiger partial charge on any atom is -0.282 e. The Morgan fingerprint density at radius 2 is 0.433 bits per heavy atom. The fourth-order valence-corrected chi connectivity index (χ4v) is 15.5. The summed E-state index contributed by atoms with van der Waals surface area (Å²) in [5.74, 6) is -73.9. The second-order valence-electron chi connectivity index (χ2n) is 22.4. The quantitative estimate of drug-likeness (QED) is 0.0296. The lowest BCUT2D eigenvalue weighted by Crippen LogP contribution is -2.96. The smallest absolute Gasteiger partial charge is 0.282 e. The molecule has 0 fully saturated rings. The number of benzene rings is 2. The van der Waals surface area contributed by atoms with Crippen LogP contribution in [0.2, 0.25) is 0 Å². The van der Waals surface area contributed by atoms with E-state index in [0.717, 1.165) is 6.42 Å². The number of hydrogen-bond donors (Lipinski definition) is 1. The number of hydrogen-bond acceptors (Lipinski definition) is 0. The topological polar surface area (TPSA) is 16.6 Å². The molecule has 0 amide bonds. The third-order valence-corrected chi connectivity index (χ3v) is 21.3. The van der Waals surface area contributed by atoms with Crippen molar-refractivity contribution in [3.05, 3.63) is 60.7 Å². The zero-order valence-electron chi connectivity index (χ0n) is 50.4. The Balaban J connectivity index is 0.00000218. The van der Waals surface area contributed by atoms with Gasteiger partial charge in [-0.25, -0.2) is 0 Å². The predicted molar refractivity (Wildman–Crippen MR) is 283 cm³/mol. The van der Waals surface area contributed by atoms with Gasteiger partial charge < -0.3 is 0 Å². The second-order valence-corrected chi connectivity index (χ2v) is 27.1. The molecule has 2 aromatic carbocycles. The van der Waals surface area contributed by atoms with E-state index in [1.807, 2.05) is 19.1 Å². The highest BCUT2D eigenvalue weighted by atomic mass is 27.3. The van der Waals surface area contributed by atoms with Crippen molar-refractivity contribution in [2.75, 3.05) is 7.05 Å². The van der Waals surface area contributed by atoms with Gasteiger partial charge in [0.1, 0.15) is 0 Å². The molecule has 90 heavy (non-hydrogen) atoms. The first-order valence-corrected chi connectivity index (χ1v) is 31.9. The summed E-state index contributed by atoms with van der Waals surface area (Å²) in [6.07, 6.45) is -22.6. The van der Waals surface area contributed by atoms with Crippen molar-refractivity contribution >= 4 is 13.1 Å². The van der Waals surface area contributed by atoms with Crippen LogP contribution in [0.1, 0.15) is 195 Å². The maximum atomic E-state index is 16.6. The molecule has 0 saturated carbocycles. The third-order valence-electron chi connectivity index (χ3n) is 15.5. The summed E-state index contributed by atoms with van der Waals surface area (Å²) in [4.78, 5) is -38.8. The summed E-state index contributed by atoms with van der Waals surface area (Å²) >= 11 is -13.7. The minimum atomic E-state index is -13.7. The summed E-state index contributed by atoms with van der Waals surface area (Å²) in [7, 11) is 0.640. The average Bonchev–Trinajstić information content (AvgIpc) is 0.643. The summed E-state index contributed by atoms with van der Waals surface area (Å²) in [6.45, 7) is 6.91. The maximum Gasteiger partial charge on any atom is 0.540 e. The molecule has 0 aliphatic rings. The van der Waals surface area contributed by atoms with Gasteiger partial charge in [-0.1, -0.05) is 192 Å². The first-order valence-electron chi connectivity index (χ1n) is 29.6. The van der Waals surface area contributed by atoms with Crippen molar-refractivity contribution in [2.24, 2.45) is 0 Å². The van der Waals surface area contributed by atoms with E-state index < -0.39 is 181 Å². The minimum absolute atomic E-state index is 0.0363. The maximum absolute atomic E-state index is 16.6. The number of halogens is 30. The van der Waals surface area contributed by atoms with Crippen molar-refractivity contribution < 1.29 is 137 Å². The molecule has 2 rings (SSSR count). The van der Waals surface area contributed by atoms with Crippen LogP contribution in [0, 0.1) is 0 Å². The van der Waals surface area contributed by atoms with Crippen LogP contribution in [0.5, 0.6) is 0 Å². The van der Waals surface area contributed by atoms with Crippen LogP contribution in [0.3, 0.4) is 0 Å². The molecule has 2 N–H and O–H groups in total. The molecular weight excluding hydrogens is 1310 g/mol. The first kappa shape index (κ1) is 86.8. The molecule has 32 heteroatoms. The SMILES string of the molecule is CCCCCCC(F)(F)C(F)(F)C(F)(F)[NH2+]C.CCCCCCC(F)(F)C(F)(F)[C](F)(F)[Al-]([C](F)(F)C(F)(F)C(F)(F)CCCCCC)([C](F)(F)C(F)(F)C(F)(F)CCCCCC)[C](F)(F)C(F)(F)C(F)(F)CCCCCC.c1ccc(-c2ccccc2)cc1. The molecule has 0 aliphatic carbocycles. The molecule has 0 bridgehead atoms. The van der Waals surface area contributed by atoms with E-state index in [0.29, 0.717) is 19.9 Å². The zero-order valence-corrected chi connectivity index (χ0v) is 51.6. The van der Waals surface area contributed by atoms with Crippen LogP contribution in [0.4, 0.5) is 132 Å². The van der Waals surface area contributed by atoms with Gasteiger partial charge in [0.25, 0.3) is 0 Å². The molecular formula is C58H80AlF30N. The zero-order chi connectivity index (χ0) is 70.6. The van der Waals surface area contributed by atoms with E-state index in [4.69, 9.17) is 0 Å². The molecule has 0 radical (unpaired) electrons. The van der Waals surface area contributed by atoms with Crippen LogP contribution < -0.4 is 5.32 Å². The van der Waals surface area contributed by atoms with Gasteiger partial charge in [0.15, 0.2) is 19.1 Å². The van der Waals surface area contributed by atoms with Gasteiger partial charge in [0.2, 0.25) is 0 Å². The molecule has 1 nitrogen and oxygen atoms in total. The van der Waals surface area contributed by atoms with Gasteiger partial charge in [-0.15, -0.1) is 8.78 Å². The van der Waals surface area contributed by atoms with Crippen LogP contribution in [-0.4, -0.2) is 105 Å². The Hall–Kier alpha value is -3.17. The van der Waals surface area contributed by atoms with Crippen molar-refractivity contribution in [3.63, 3.8) is 0 Å². The van der Waals surface area contributed by atoms with E-state index in [2.05, 4.69) is 48.5 Å². The summed E-state index contributed by atoms with van der Waals surface area (Å²) in [5, 5.41) is -0.188. The largest absolute Gasteiger partial charge is 0.540 e. The van der Waals surface area contributed by atoms with Gasteiger partial charge in [0, 0.05) is 32.1 Å². The van der Waals surface area contributed by atoms with Gasteiger partial charge in [-0.05, 0) is 43.2 Å². The standard InChI is InChI=1S/C12H10.C10H17F6N.4C9H13F6.Al/c1-3-7-11(8-4-1)12-9-5-2-6-10-12;1-3-4-5-6-7-8(11,12)9(13,14)10(15,16)17-2;4*1-2-3-4-5-6-8(12,13)9(14,15)7(10)11;/h1-10H;17H,3-7H2,1-2H3;4*2-6H2,1H3;/q;;;;;;-1/p+1. The lowest BCUT2D eigenvalue weighted by Gasteiger charge is -2.61. The summed E-state index contributed by atoms with van der Waals surface area (Å²) in [6, 6.07) is 16.0. The average molecular weight is 1390 g/mol. The fraction of sp³-hybridized carbons (Fsp3) is 0.793.